The van der Waals surface area contributed by atoms with Crippen LogP contribution in [0.5, 0.6) is 0 Å². The lowest BCUT2D eigenvalue weighted by atomic mass is 10.0. The van der Waals surface area contributed by atoms with Gasteiger partial charge in [0.2, 0.25) is 0 Å². The summed E-state index contributed by atoms with van der Waals surface area (Å²) in [6.45, 7) is 0.324. The number of carbonyl (C=O) groups is 1. The van der Waals surface area contributed by atoms with E-state index in [0.29, 0.717) is 30.1 Å². The first-order valence-electron chi connectivity index (χ1n) is 6.15. The smallest absolute Gasteiger partial charge is 0.307 e. The molecule has 2 rings (SSSR count). The largest absolute Gasteiger partial charge is 0.481 e. The first-order chi connectivity index (χ1) is 9.38. The van der Waals surface area contributed by atoms with Crippen molar-refractivity contribution in [1.29, 1.82) is 0 Å². The zero-order chi connectivity index (χ0) is 14.8. The highest BCUT2D eigenvalue weighted by atomic mass is 35.5. The minimum absolute atomic E-state index is 0.00173. The fraction of sp³-hybridized carbons (Fsp3) is 0.417. The highest BCUT2D eigenvalue weighted by Crippen LogP contribution is 2.21. The molecule has 1 aromatic carbocycles. The van der Waals surface area contributed by atoms with E-state index < -0.39 is 22.1 Å². The molecule has 1 aliphatic heterocycles. The van der Waals surface area contributed by atoms with Crippen LogP contribution < -0.4 is 4.72 Å². The summed E-state index contributed by atoms with van der Waals surface area (Å²) in [4.78, 5) is 11.0. The third-order valence-corrected chi connectivity index (χ3v) is 4.92. The van der Waals surface area contributed by atoms with E-state index in [2.05, 4.69) is 4.72 Å². The van der Waals surface area contributed by atoms with Crippen molar-refractivity contribution in [3.05, 3.63) is 29.3 Å². The Morgan fingerprint density at radius 1 is 1.35 bits per heavy atom. The third-order valence-electron chi connectivity index (χ3n) is 3.16. The van der Waals surface area contributed by atoms with Crippen molar-refractivity contribution in [2.24, 2.45) is 5.92 Å². The lowest BCUT2D eigenvalue weighted by Crippen LogP contribution is -2.44. The van der Waals surface area contributed by atoms with Gasteiger partial charge in [-0.1, -0.05) is 11.6 Å². The lowest BCUT2D eigenvalue weighted by Gasteiger charge is -2.29. The molecular weight excluding hydrogens is 304 g/mol. The predicted molar refractivity (Wildman–Crippen MR) is 75.9 cm³/mol. The Labute approximate surface area is 122 Å². The van der Waals surface area contributed by atoms with Crippen molar-refractivity contribution < 1.29 is 18.3 Å². The van der Waals surface area contributed by atoms with Gasteiger partial charge >= 0.3 is 16.2 Å². The van der Waals surface area contributed by atoms with Gasteiger partial charge in [-0.15, -0.1) is 0 Å². The molecule has 0 amide bonds. The van der Waals surface area contributed by atoms with Crippen molar-refractivity contribution in [3.63, 3.8) is 0 Å². The number of nitrogens with zero attached hydrogens (tertiary/aromatic N) is 1. The van der Waals surface area contributed by atoms with Gasteiger partial charge in [0, 0.05) is 23.8 Å². The second-order valence-electron chi connectivity index (χ2n) is 4.65. The number of carboxylic acids is 1. The summed E-state index contributed by atoms with van der Waals surface area (Å²) < 4.78 is 28.0. The maximum absolute atomic E-state index is 12.2. The SMILES string of the molecule is O=C(O)C1CCCN(S(=O)(=O)Nc2ccc(Cl)cc2)C1. The number of rotatable bonds is 4. The molecule has 0 spiro atoms. The van der Waals surface area contributed by atoms with Gasteiger partial charge in [-0.05, 0) is 37.1 Å². The molecule has 1 heterocycles. The second-order valence-corrected chi connectivity index (χ2v) is 6.76. The Bertz CT molecular complexity index is 588. The molecule has 0 aliphatic carbocycles. The van der Waals surface area contributed by atoms with Gasteiger partial charge in [-0.2, -0.15) is 12.7 Å². The third kappa shape index (κ3) is 3.62. The molecule has 0 saturated carbocycles. The van der Waals surface area contributed by atoms with Gasteiger partial charge in [-0.3, -0.25) is 9.52 Å². The van der Waals surface area contributed by atoms with E-state index in [4.69, 9.17) is 16.7 Å². The zero-order valence-electron chi connectivity index (χ0n) is 10.6. The van der Waals surface area contributed by atoms with Gasteiger partial charge < -0.3 is 5.11 Å². The molecule has 110 valence electrons. The molecule has 1 aliphatic rings. The summed E-state index contributed by atoms with van der Waals surface area (Å²) in [5.74, 6) is -1.61. The molecular formula is C12H15ClN2O4S. The fourth-order valence-electron chi connectivity index (χ4n) is 2.09. The minimum atomic E-state index is -3.74. The Morgan fingerprint density at radius 2 is 2.00 bits per heavy atom. The molecule has 0 aromatic heterocycles. The van der Waals surface area contributed by atoms with Crippen LogP contribution in [0.2, 0.25) is 5.02 Å². The monoisotopic (exact) mass is 318 g/mol. The Kier molecular flexibility index (Phi) is 4.52. The molecule has 20 heavy (non-hydrogen) atoms. The molecule has 2 N–H and O–H groups in total. The maximum atomic E-state index is 12.2. The van der Waals surface area contributed by atoms with Crippen LogP contribution in [0.4, 0.5) is 5.69 Å². The van der Waals surface area contributed by atoms with E-state index in [9.17, 15) is 13.2 Å². The van der Waals surface area contributed by atoms with Crippen molar-refractivity contribution >= 4 is 33.5 Å². The van der Waals surface area contributed by atoms with E-state index in [1.807, 2.05) is 0 Å². The average molecular weight is 319 g/mol. The lowest BCUT2D eigenvalue weighted by molar-refractivity contribution is -0.142. The van der Waals surface area contributed by atoms with Crippen LogP contribution in [0.1, 0.15) is 12.8 Å². The Hall–Kier alpha value is -1.31. The molecule has 1 fully saturated rings. The normalized spacial score (nSPS) is 20.6. The van der Waals surface area contributed by atoms with Crippen LogP contribution >= 0.6 is 11.6 Å². The average Bonchev–Trinajstić information content (AvgIpc) is 2.41. The van der Waals surface area contributed by atoms with Gasteiger partial charge in [-0.25, -0.2) is 0 Å². The number of halogens is 1. The number of anilines is 1. The Morgan fingerprint density at radius 3 is 2.60 bits per heavy atom. The summed E-state index contributed by atoms with van der Waals surface area (Å²) in [7, 11) is -3.74. The van der Waals surface area contributed by atoms with E-state index >= 15 is 0 Å². The summed E-state index contributed by atoms with van der Waals surface area (Å²) >= 11 is 5.73. The van der Waals surface area contributed by atoms with Gasteiger partial charge in [0.05, 0.1) is 5.92 Å². The molecule has 6 nitrogen and oxygen atoms in total. The van der Waals surface area contributed by atoms with Crippen LogP contribution in [0.25, 0.3) is 0 Å². The van der Waals surface area contributed by atoms with E-state index in [-0.39, 0.29) is 6.54 Å². The van der Waals surface area contributed by atoms with Gasteiger partial charge in [0.15, 0.2) is 0 Å². The molecule has 0 bridgehead atoms. The number of nitrogens with one attached hydrogen (secondary N) is 1. The number of hydrogen-bond acceptors (Lipinski definition) is 3. The summed E-state index contributed by atoms with van der Waals surface area (Å²) in [5, 5.41) is 9.50. The second kappa shape index (κ2) is 5.99. The van der Waals surface area contributed by atoms with E-state index in [1.54, 1.807) is 24.3 Å². The molecule has 8 heteroatoms. The number of carboxylic acid groups (broad SMARTS) is 1. The zero-order valence-corrected chi connectivity index (χ0v) is 12.2. The molecule has 1 unspecified atom stereocenters. The predicted octanol–water partition coefficient (Wildman–Crippen LogP) is 1.79. The number of aliphatic carboxylic acids is 1. The van der Waals surface area contributed by atoms with Gasteiger partial charge in [0.25, 0.3) is 0 Å². The fourth-order valence-corrected chi connectivity index (χ4v) is 3.53. The van der Waals surface area contributed by atoms with Crippen LogP contribution in [-0.4, -0.2) is 36.9 Å². The molecule has 1 saturated heterocycles. The summed E-state index contributed by atoms with van der Waals surface area (Å²) in [5.41, 5.74) is 0.395. The first-order valence-corrected chi connectivity index (χ1v) is 7.96. The van der Waals surface area contributed by atoms with E-state index in [1.165, 1.54) is 4.31 Å². The molecule has 1 atom stereocenters. The minimum Gasteiger partial charge on any atom is -0.481 e. The molecule has 1 aromatic rings. The van der Waals surface area contributed by atoms with Crippen LogP contribution in [0.15, 0.2) is 24.3 Å². The van der Waals surface area contributed by atoms with Crippen LogP contribution in [0.3, 0.4) is 0 Å². The molecule has 0 radical (unpaired) electrons. The summed E-state index contributed by atoms with van der Waals surface area (Å²) in [6.07, 6.45) is 1.04. The van der Waals surface area contributed by atoms with Crippen LogP contribution in [0, 0.1) is 5.92 Å². The van der Waals surface area contributed by atoms with Crippen LogP contribution in [-0.2, 0) is 15.0 Å². The Balaban J connectivity index is 2.09. The van der Waals surface area contributed by atoms with Crippen molar-refractivity contribution in [1.82, 2.24) is 4.31 Å². The highest BCUT2D eigenvalue weighted by Gasteiger charge is 2.32. The number of hydrogen-bond donors (Lipinski definition) is 2. The topological polar surface area (TPSA) is 86.7 Å². The quantitative estimate of drug-likeness (QED) is 0.886. The number of piperidine rings is 1. The first kappa shape index (κ1) is 15.1. The van der Waals surface area contributed by atoms with Crippen molar-refractivity contribution in [2.45, 2.75) is 12.8 Å². The maximum Gasteiger partial charge on any atom is 0.307 e. The summed E-state index contributed by atoms with van der Waals surface area (Å²) in [6, 6.07) is 6.27. The number of benzene rings is 1. The standard InChI is InChI=1S/C12H15ClN2O4S/c13-10-3-5-11(6-4-10)14-20(18,19)15-7-1-2-9(8-15)12(16)17/h3-6,9,14H,1-2,7-8H2,(H,16,17). The highest BCUT2D eigenvalue weighted by molar-refractivity contribution is 7.90. The van der Waals surface area contributed by atoms with E-state index in [0.717, 1.165) is 0 Å². The van der Waals surface area contributed by atoms with Crippen molar-refractivity contribution in [3.8, 4) is 0 Å². The van der Waals surface area contributed by atoms with Gasteiger partial charge in [0.1, 0.15) is 0 Å². The van der Waals surface area contributed by atoms with Crippen molar-refractivity contribution in [2.75, 3.05) is 17.8 Å².